The van der Waals surface area contributed by atoms with Crippen LogP contribution in [0.3, 0.4) is 0 Å². The Labute approximate surface area is 85.7 Å². The second-order valence-electron chi connectivity index (χ2n) is 1.52. The number of pyridine rings is 1. The van der Waals surface area contributed by atoms with Crippen LogP contribution >= 0.6 is 9.64 Å². The van der Waals surface area contributed by atoms with E-state index < -0.39 is 5.97 Å². The number of rotatable bonds is 1. The van der Waals surface area contributed by atoms with Crippen molar-refractivity contribution in [1.29, 1.82) is 0 Å². The monoisotopic (exact) mass is 365 g/mol. The Hall–Kier alpha value is -0.454. The predicted molar refractivity (Wildman–Crippen MR) is 43.5 cm³/mol. The first-order chi connectivity index (χ1) is 5.30. The van der Waals surface area contributed by atoms with E-state index in [1.54, 1.807) is 12.1 Å². The van der Waals surface area contributed by atoms with Gasteiger partial charge in [0, 0.05) is 6.20 Å². The van der Waals surface area contributed by atoms with Crippen LogP contribution in [-0.4, -0.2) is 16.1 Å². The summed E-state index contributed by atoms with van der Waals surface area (Å²) in [6.07, 6.45) is 1.45. The van der Waals surface area contributed by atoms with Crippen LogP contribution in [0.4, 0.5) is 0 Å². The fourth-order valence-electron chi connectivity index (χ4n) is 0.489. The van der Waals surface area contributed by atoms with Gasteiger partial charge in [0.2, 0.25) is 0 Å². The molecule has 0 aliphatic carbocycles. The van der Waals surface area contributed by atoms with E-state index in [4.69, 9.17) is 5.11 Å². The number of halogens is 1. The van der Waals surface area contributed by atoms with Gasteiger partial charge in [-0.25, -0.2) is 9.78 Å². The molecule has 0 atom stereocenters. The summed E-state index contributed by atoms with van der Waals surface area (Å²) in [4.78, 5) is 13.7. The molecule has 1 aromatic heterocycles. The Morgan fingerprint density at radius 1 is 1.50 bits per heavy atom. The van der Waals surface area contributed by atoms with Gasteiger partial charge in [-0.15, -0.1) is 0 Å². The van der Waals surface area contributed by atoms with Crippen molar-refractivity contribution in [3.05, 3.63) is 37.5 Å². The molecule has 0 radical (unpaired) electrons. The van der Waals surface area contributed by atoms with Crippen molar-refractivity contribution in [2.45, 2.75) is 0 Å². The average Bonchev–Trinajstić information content (AvgIpc) is 2.10. The first-order valence-electron chi connectivity index (χ1n) is 2.58. The molecular weight excluding hydrogens is 356 g/mol. The Kier molecular flexibility index (Phi) is 10.1. The van der Waals surface area contributed by atoms with Crippen LogP contribution in [0.25, 0.3) is 0 Å². The topological polar surface area (TPSA) is 50.2 Å². The molecule has 0 aliphatic heterocycles. The van der Waals surface area contributed by atoms with Crippen molar-refractivity contribution in [2.75, 3.05) is 0 Å². The van der Waals surface area contributed by atoms with Crippen LogP contribution < -0.4 is 0 Å². The Morgan fingerprint density at radius 2 is 2.08 bits per heavy atom. The van der Waals surface area contributed by atoms with Gasteiger partial charge in [0.15, 0.2) is 0 Å². The van der Waals surface area contributed by atoms with E-state index in [1.807, 2.05) is 0 Å². The van der Waals surface area contributed by atoms with Crippen molar-refractivity contribution in [3.8, 4) is 0 Å². The Balaban J connectivity index is 0. The molecule has 1 rings (SSSR count). The minimum absolute atomic E-state index is 0. The molecule has 0 spiro atoms. The SMILES string of the molecule is O=C(O)c1ccccn1.[CH3-].[Cl][Os]. The molecule has 3 nitrogen and oxygen atoms in total. The predicted octanol–water partition coefficient (Wildman–Crippen LogP) is 1.92. The molecule has 0 aromatic carbocycles. The number of aromatic carboxylic acids is 1. The fraction of sp³-hybridized carbons (Fsp3) is 0. The maximum atomic E-state index is 10.1. The molecule has 0 amide bonds. The number of carboxylic acids is 1. The van der Waals surface area contributed by atoms with E-state index in [9.17, 15) is 4.79 Å². The Bertz CT molecular complexity index is 218. The number of hydrogen-bond donors (Lipinski definition) is 1. The van der Waals surface area contributed by atoms with Gasteiger partial charge in [-0.2, -0.15) is 0 Å². The molecule has 1 heterocycles. The molecule has 0 fully saturated rings. The molecular formula is C7H8ClNO2Os-. The number of aromatic nitrogens is 1. The molecule has 0 aliphatic rings. The van der Waals surface area contributed by atoms with Crippen molar-refractivity contribution < 1.29 is 27.5 Å². The zero-order chi connectivity index (χ0) is 8.69. The maximum absolute atomic E-state index is 10.1. The van der Waals surface area contributed by atoms with Crippen LogP contribution in [-0.2, 0) is 17.6 Å². The van der Waals surface area contributed by atoms with E-state index >= 15 is 0 Å². The van der Waals surface area contributed by atoms with Gasteiger partial charge in [0.25, 0.3) is 0 Å². The van der Waals surface area contributed by atoms with Crippen LogP contribution in [0.1, 0.15) is 10.5 Å². The zero-order valence-electron chi connectivity index (χ0n) is 6.34. The Morgan fingerprint density at radius 3 is 2.33 bits per heavy atom. The summed E-state index contributed by atoms with van der Waals surface area (Å²) in [7, 11) is 4.67. The van der Waals surface area contributed by atoms with E-state index in [1.165, 1.54) is 29.9 Å². The van der Waals surface area contributed by atoms with E-state index in [-0.39, 0.29) is 13.1 Å². The van der Waals surface area contributed by atoms with Gasteiger partial charge < -0.3 is 12.5 Å². The van der Waals surface area contributed by atoms with Crippen LogP contribution in [0.15, 0.2) is 24.4 Å². The molecule has 0 saturated carbocycles. The van der Waals surface area contributed by atoms with E-state index in [0.29, 0.717) is 0 Å². The van der Waals surface area contributed by atoms with Gasteiger partial charge in [0.1, 0.15) is 5.69 Å². The second kappa shape index (κ2) is 8.64. The zero-order valence-corrected chi connectivity index (χ0v) is 9.64. The standard InChI is InChI=1S/C6H5NO2.CH3.ClH.Os/c8-6(9)5-3-1-2-4-7-5;;;/h1-4H,(H,8,9);1H3;1H;/q;-1;;+1/p-1. The summed E-state index contributed by atoms with van der Waals surface area (Å²) in [5.74, 6) is -0.990. The summed E-state index contributed by atoms with van der Waals surface area (Å²) in [6.45, 7) is 0. The first kappa shape index (κ1) is 14.1. The van der Waals surface area contributed by atoms with Gasteiger partial charge in [-0.05, 0) is 12.1 Å². The quantitative estimate of drug-likeness (QED) is 0.775. The van der Waals surface area contributed by atoms with Gasteiger partial charge in [-0.1, -0.05) is 6.07 Å². The number of hydrogen-bond acceptors (Lipinski definition) is 2. The number of carbonyl (C=O) groups is 1. The summed E-state index contributed by atoms with van der Waals surface area (Å²) in [5, 5.41) is 8.32. The van der Waals surface area contributed by atoms with E-state index in [2.05, 4.69) is 14.6 Å². The number of carboxylic acid groups (broad SMARTS) is 1. The van der Waals surface area contributed by atoms with Crippen LogP contribution in [0.2, 0.25) is 0 Å². The minimum atomic E-state index is -0.990. The van der Waals surface area contributed by atoms with Gasteiger partial charge in [0.05, 0.1) is 0 Å². The molecule has 69 valence electrons. The van der Waals surface area contributed by atoms with Crippen LogP contribution in [0, 0.1) is 7.43 Å². The fourth-order valence-corrected chi connectivity index (χ4v) is 0.489. The molecule has 5 heteroatoms. The molecule has 0 saturated heterocycles. The van der Waals surface area contributed by atoms with Crippen molar-refractivity contribution in [1.82, 2.24) is 4.98 Å². The molecule has 0 bridgehead atoms. The van der Waals surface area contributed by atoms with Crippen molar-refractivity contribution >= 4 is 15.6 Å². The molecule has 0 unspecified atom stereocenters. The van der Waals surface area contributed by atoms with Crippen LogP contribution in [0.5, 0.6) is 0 Å². The summed E-state index contributed by atoms with van der Waals surface area (Å²) in [6, 6.07) is 4.76. The normalized spacial score (nSPS) is 7.17. The molecule has 12 heavy (non-hydrogen) atoms. The third-order valence-electron chi connectivity index (χ3n) is 0.884. The van der Waals surface area contributed by atoms with E-state index in [0.717, 1.165) is 0 Å². The number of nitrogens with zero attached hydrogens (tertiary/aromatic N) is 1. The summed E-state index contributed by atoms with van der Waals surface area (Å²) >= 11 is 1.33. The average molecular weight is 364 g/mol. The third kappa shape index (κ3) is 5.23. The van der Waals surface area contributed by atoms with Gasteiger partial charge >= 0.3 is 33.2 Å². The third-order valence-corrected chi connectivity index (χ3v) is 0.884. The van der Waals surface area contributed by atoms with Crippen molar-refractivity contribution in [2.24, 2.45) is 0 Å². The molecule has 1 N–H and O–H groups in total. The first-order valence-corrected chi connectivity index (χ1v) is 5.73. The van der Waals surface area contributed by atoms with Gasteiger partial charge in [-0.3, -0.25) is 0 Å². The second-order valence-corrected chi connectivity index (χ2v) is 1.52. The summed E-state index contributed by atoms with van der Waals surface area (Å²) < 4.78 is 0. The summed E-state index contributed by atoms with van der Waals surface area (Å²) in [5.41, 5.74) is 0.0810. The van der Waals surface area contributed by atoms with Crippen molar-refractivity contribution in [3.63, 3.8) is 0 Å². The molecule has 1 aromatic rings.